The van der Waals surface area contributed by atoms with Gasteiger partial charge in [-0.2, -0.15) is 0 Å². The van der Waals surface area contributed by atoms with Gasteiger partial charge in [0.2, 0.25) is 0 Å². The van der Waals surface area contributed by atoms with Gasteiger partial charge in [0.05, 0.1) is 14.2 Å². The Kier molecular flexibility index (Phi) is 3.52. The maximum absolute atomic E-state index is 11.6. The van der Waals surface area contributed by atoms with E-state index in [1.54, 1.807) is 19.1 Å². The van der Waals surface area contributed by atoms with E-state index in [0.717, 1.165) is 23.5 Å². The average molecular weight is 303 g/mol. The summed E-state index contributed by atoms with van der Waals surface area (Å²) in [7, 11) is 3.22. The molecule has 0 radical (unpaired) electrons. The largest absolute Gasteiger partial charge is 0.502 e. The number of anilines is 1. The standard InChI is InChI=1S/C16H17NO5/c1-21-10-3-4-12(22-2)11(7-10)9-5-6-17(8-9)13-14(18)16(20)15(13)19/h3-4,7,9,18H,5-6,8H2,1-2H3/t9-/m1/s1. The van der Waals surface area contributed by atoms with E-state index in [-0.39, 0.29) is 11.6 Å². The Labute approximate surface area is 127 Å². The Hall–Kier alpha value is -2.50. The van der Waals surface area contributed by atoms with Gasteiger partial charge in [0.25, 0.3) is 10.9 Å². The number of benzene rings is 1. The first-order valence-electron chi connectivity index (χ1n) is 7.06. The molecule has 1 atom stereocenters. The molecule has 0 amide bonds. The maximum Gasteiger partial charge on any atom is 0.271 e. The predicted molar refractivity (Wildman–Crippen MR) is 82.1 cm³/mol. The smallest absolute Gasteiger partial charge is 0.271 e. The number of rotatable bonds is 4. The number of nitrogens with zero attached hydrogens (tertiary/aromatic N) is 1. The summed E-state index contributed by atoms with van der Waals surface area (Å²) in [6, 6.07) is 5.61. The third-order valence-corrected chi connectivity index (χ3v) is 4.24. The van der Waals surface area contributed by atoms with Gasteiger partial charge < -0.3 is 19.5 Å². The number of ether oxygens (including phenoxy) is 2. The fraction of sp³-hybridized carbons (Fsp3) is 0.375. The van der Waals surface area contributed by atoms with Crippen molar-refractivity contribution >= 4 is 5.69 Å². The SMILES string of the molecule is COc1ccc(OC)c([C@@H]2CCN(c3c(O)c(=O)c3=O)C2)c1. The van der Waals surface area contributed by atoms with Gasteiger partial charge in [-0.25, -0.2) is 0 Å². The Morgan fingerprint density at radius 3 is 2.59 bits per heavy atom. The molecule has 6 heteroatoms. The fourth-order valence-corrected chi connectivity index (χ4v) is 3.04. The highest BCUT2D eigenvalue weighted by atomic mass is 16.5. The average Bonchev–Trinajstić information content (AvgIpc) is 3.03. The van der Waals surface area contributed by atoms with Crippen molar-refractivity contribution in [3.05, 3.63) is 44.2 Å². The van der Waals surface area contributed by atoms with Gasteiger partial charge >= 0.3 is 0 Å². The first-order valence-corrected chi connectivity index (χ1v) is 7.06. The molecule has 3 rings (SSSR count). The third kappa shape index (κ3) is 2.11. The summed E-state index contributed by atoms with van der Waals surface area (Å²) in [5.41, 5.74) is -0.245. The molecule has 116 valence electrons. The minimum Gasteiger partial charge on any atom is -0.502 e. The van der Waals surface area contributed by atoms with Crippen LogP contribution in [0.3, 0.4) is 0 Å². The molecule has 1 aliphatic heterocycles. The van der Waals surface area contributed by atoms with E-state index < -0.39 is 16.6 Å². The second-order valence-electron chi connectivity index (χ2n) is 5.39. The molecule has 1 N–H and O–H groups in total. The lowest BCUT2D eigenvalue weighted by Gasteiger charge is -2.21. The highest BCUT2D eigenvalue weighted by Crippen LogP contribution is 2.38. The van der Waals surface area contributed by atoms with Crippen molar-refractivity contribution in [2.45, 2.75) is 12.3 Å². The molecule has 0 aliphatic carbocycles. The minimum absolute atomic E-state index is 0.147. The zero-order valence-corrected chi connectivity index (χ0v) is 12.5. The summed E-state index contributed by atoms with van der Waals surface area (Å²) in [6.07, 6.45) is 0.807. The van der Waals surface area contributed by atoms with Crippen molar-refractivity contribution < 1.29 is 14.6 Å². The molecular weight excluding hydrogens is 286 g/mol. The topological polar surface area (TPSA) is 76.1 Å². The van der Waals surface area contributed by atoms with Crippen LogP contribution in [0, 0.1) is 0 Å². The monoisotopic (exact) mass is 303 g/mol. The lowest BCUT2D eigenvalue weighted by Crippen LogP contribution is -2.38. The van der Waals surface area contributed by atoms with Crippen molar-refractivity contribution in [3.63, 3.8) is 0 Å². The van der Waals surface area contributed by atoms with E-state index in [1.807, 2.05) is 18.2 Å². The molecular formula is C16H17NO5. The molecule has 1 aliphatic rings. The first-order chi connectivity index (χ1) is 10.6. The van der Waals surface area contributed by atoms with Crippen LogP contribution in [0.1, 0.15) is 17.9 Å². The highest BCUT2D eigenvalue weighted by molar-refractivity contribution is 5.64. The lowest BCUT2D eigenvalue weighted by molar-refractivity contribution is 0.396. The summed E-state index contributed by atoms with van der Waals surface area (Å²) >= 11 is 0. The van der Waals surface area contributed by atoms with E-state index >= 15 is 0 Å². The fourth-order valence-electron chi connectivity index (χ4n) is 3.04. The summed E-state index contributed by atoms with van der Waals surface area (Å²) in [6.45, 7) is 1.17. The van der Waals surface area contributed by atoms with Gasteiger partial charge in [-0.3, -0.25) is 9.59 Å². The molecule has 0 spiro atoms. The summed E-state index contributed by atoms with van der Waals surface area (Å²) in [5.74, 6) is 1.24. The highest BCUT2D eigenvalue weighted by Gasteiger charge is 2.33. The molecule has 1 saturated heterocycles. The van der Waals surface area contributed by atoms with Crippen LogP contribution in [-0.2, 0) is 0 Å². The van der Waals surface area contributed by atoms with Crippen molar-refractivity contribution in [1.82, 2.24) is 0 Å². The van der Waals surface area contributed by atoms with Gasteiger partial charge in [0, 0.05) is 24.6 Å². The molecule has 6 nitrogen and oxygen atoms in total. The maximum atomic E-state index is 11.6. The van der Waals surface area contributed by atoms with Crippen molar-refractivity contribution in [3.8, 4) is 17.2 Å². The Morgan fingerprint density at radius 1 is 1.18 bits per heavy atom. The second-order valence-corrected chi connectivity index (χ2v) is 5.39. The molecule has 0 unspecified atom stereocenters. The third-order valence-electron chi connectivity index (χ3n) is 4.24. The van der Waals surface area contributed by atoms with E-state index in [2.05, 4.69) is 0 Å². The van der Waals surface area contributed by atoms with Crippen LogP contribution in [0.15, 0.2) is 27.8 Å². The van der Waals surface area contributed by atoms with Crippen LogP contribution in [-0.4, -0.2) is 32.4 Å². The van der Waals surface area contributed by atoms with Crippen LogP contribution >= 0.6 is 0 Å². The molecule has 2 aromatic carbocycles. The first kappa shape index (κ1) is 14.4. The number of methoxy groups -OCH3 is 2. The van der Waals surface area contributed by atoms with Crippen LogP contribution < -0.4 is 25.2 Å². The Bertz CT molecular complexity index is 775. The molecule has 1 fully saturated rings. The summed E-state index contributed by atoms with van der Waals surface area (Å²) in [5, 5.41) is 9.57. The van der Waals surface area contributed by atoms with E-state index in [1.165, 1.54) is 0 Å². The number of aromatic hydroxyl groups is 1. The predicted octanol–water partition coefficient (Wildman–Crippen LogP) is 0.999. The summed E-state index contributed by atoms with van der Waals surface area (Å²) in [4.78, 5) is 24.5. The summed E-state index contributed by atoms with van der Waals surface area (Å²) < 4.78 is 10.6. The zero-order valence-electron chi connectivity index (χ0n) is 12.5. The molecule has 0 bridgehead atoms. The number of hydrogen-bond acceptors (Lipinski definition) is 6. The molecule has 22 heavy (non-hydrogen) atoms. The van der Waals surface area contributed by atoms with Gasteiger partial charge in [-0.15, -0.1) is 0 Å². The molecule has 0 aromatic heterocycles. The van der Waals surface area contributed by atoms with Crippen LogP contribution in [0.5, 0.6) is 17.2 Å². The number of hydrogen-bond donors (Lipinski definition) is 1. The normalized spacial score (nSPS) is 17.9. The van der Waals surface area contributed by atoms with E-state index in [0.29, 0.717) is 13.1 Å². The van der Waals surface area contributed by atoms with Crippen LogP contribution in [0.4, 0.5) is 5.69 Å². The molecule has 2 aromatic rings. The Morgan fingerprint density at radius 2 is 1.95 bits per heavy atom. The molecule has 0 saturated carbocycles. The quantitative estimate of drug-likeness (QED) is 0.849. The van der Waals surface area contributed by atoms with E-state index in [4.69, 9.17) is 9.47 Å². The minimum atomic E-state index is -0.794. The second kappa shape index (κ2) is 5.36. The van der Waals surface area contributed by atoms with Gasteiger partial charge in [-0.05, 0) is 24.6 Å². The molecule has 1 heterocycles. The lowest BCUT2D eigenvalue weighted by atomic mass is 9.97. The zero-order chi connectivity index (χ0) is 15.9. The van der Waals surface area contributed by atoms with Crippen molar-refractivity contribution in [2.24, 2.45) is 0 Å². The van der Waals surface area contributed by atoms with Gasteiger partial charge in [-0.1, -0.05) is 0 Å². The van der Waals surface area contributed by atoms with Crippen LogP contribution in [0.2, 0.25) is 0 Å². The van der Waals surface area contributed by atoms with Crippen LogP contribution in [0.25, 0.3) is 0 Å². The Balaban J connectivity index is 1.87. The van der Waals surface area contributed by atoms with E-state index in [9.17, 15) is 14.7 Å². The van der Waals surface area contributed by atoms with Gasteiger partial charge in [0.1, 0.15) is 17.2 Å². The van der Waals surface area contributed by atoms with Crippen molar-refractivity contribution in [2.75, 3.05) is 32.2 Å². The van der Waals surface area contributed by atoms with Crippen molar-refractivity contribution in [1.29, 1.82) is 0 Å². The van der Waals surface area contributed by atoms with Gasteiger partial charge in [0.15, 0.2) is 5.75 Å².